The van der Waals surface area contributed by atoms with Crippen LogP contribution in [-0.2, 0) is 9.53 Å². The summed E-state index contributed by atoms with van der Waals surface area (Å²) < 4.78 is 23.7. The molecule has 0 spiro atoms. The number of anilines is 1. The lowest BCUT2D eigenvalue weighted by Gasteiger charge is -2.20. The second kappa shape index (κ2) is 9.77. The molecule has 0 unspecified atom stereocenters. The number of aromatic nitrogens is 2. The summed E-state index contributed by atoms with van der Waals surface area (Å²) in [6, 6.07) is 13.4. The highest BCUT2D eigenvalue weighted by Gasteiger charge is 2.29. The summed E-state index contributed by atoms with van der Waals surface area (Å²) in [5, 5.41) is 4.82. The Morgan fingerprint density at radius 2 is 1.64 bits per heavy atom. The molecular formula is C27H28N4O5. The Labute approximate surface area is 209 Å². The molecule has 9 nitrogen and oxygen atoms in total. The number of rotatable bonds is 7. The van der Waals surface area contributed by atoms with E-state index in [4.69, 9.17) is 24.0 Å². The number of hydrogen-bond acceptors (Lipinski definition) is 8. The lowest BCUT2D eigenvalue weighted by molar-refractivity contribution is -0.129. The molecule has 3 aromatic rings. The van der Waals surface area contributed by atoms with Crippen molar-refractivity contribution < 1.29 is 23.7 Å². The monoisotopic (exact) mass is 488 g/mol. The van der Waals surface area contributed by atoms with Gasteiger partial charge in [0, 0.05) is 24.2 Å². The van der Waals surface area contributed by atoms with Crippen LogP contribution < -0.4 is 19.1 Å². The summed E-state index contributed by atoms with van der Waals surface area (Å²) in [6.45, 7) is 3.80. The summed E-state index contributed by atoms with van der Waals surface area (Å²) in [7, 11) is 4.59. The van der Waals surface area contributed by atoms with Gasteiger partial charge >= 0.3 is 5.97 Å². The first-order valence-electron chi connectivity index (χ1n) is 11.8. The molecule has 0 aliphatic carbocycles. The van der Waals surface area contributed by atoms with E-state index in [1.54, 1.807) is 18.2 Å². The Kier molecular flexibility index (Phi) is 6.37. The quantitative estimate of drug-likeness (QED) is 0.365. The van der Waals surface area contributed by atoms with E-state index in [-0.39, 0.29) is 11.6 Å². The van der Waals surface area contributed by atoms with Gasteiger partial charge in [-0.2, -0.15) is 5.10 Å². The molecule has 3 heterocycles. The van der Waals surface area contributed by atoms with E-state index in [0.29, 0.717) is 22.8 Å². The summed E-state index contributed by atoms with van der Waals surface area (Å²) in [5.74, 6) is 1.93. The first kappa shape index (κ1) is 23.5. The van der Waals surface area contributed by atoms with Crippen molar-refractivity contribution in [1.82, 2.24) is 9.78 Å². The zero-order valence-electron chi connectivity index (χ0n) is 20.8. The van der Waals surface area contributed by atoms with Crippen LogP contribution in [0.1, 0.15) is 29.7 Å². The largest absolute Gasteiger partial charge is 0.493 e. The molecule has 2 aliphatic rings. The highest BCUT2D eigenvalue weighted by atomic mass is 16.6. The number of esters is 1. The van der Waals surface area contributed by atoms with Crippen LogP contribution in [0.3, 0.4) is 0 Å². The van der Waals surface area contributed by atoms with Gasteiger partial charge < -0.3 is 23.8 Å². The topological polar surface area (TPSA) is 87.4 Å². The van der Waals surface area contributed by atoms with Crippen molar-refractivity contribution in [3.8, 4) is 22.9 Å². The predicted molar refractivity (Wildman–Crippen MR) is 136 cm³/mol. The molecule has 0 amide bonds. The average Bonchev–Trinajstić information content (AvgIpc) is 3.64. The summed E-state index contributed by atoms with van der Waals surface area (Å²) in [4.78, 5) is 19.7. The zero-order valence-corrected chi connectivity index (χ0v) is 20.8. The number of aliphatic imine (C=N–C) groups is 1. The molecular weight excluding hydrogens is 460 g/mol. The molecule has 0 N–H and O–H groups in total. The van der Waals surface area contributed by atoms with Crippen molar-refractivity contribution in [3.63, 3.8) is 0 Å². The number of cyclic esters (lactones) is 1. The van der Waals surface area contributed by atoms with Crippen molar-refractivity contribution in [3.05, 3.63) is 65.0 Å². The van der Waals surface area contributed by atoms with Gasteiger partial charge in [0.2, 0.25) is 11.6 Å². The summed E-state index contributed by atoms with van der Waals surface area (Å²) in [5.41, 5.74) is 3.36. The average molecular weight is 489 g/mol. The molecule has 5 rings (SSSR count). The van der Waals surface area contributed by atoms with Gasteiger partial charge in [-0.1, -0.05) is 18.2 Å². The van der Waals surface area contributed by atoms with Crippen LogP contribution >= 0.6 is 0 Å². The molecule has 0 radical (unpaired) electrons. The van der Waals surface area contributed by atoms with Gasteiger partial charge in [-0.25, -0.2) is 14.5 Å². The van der Waals surface area contributed by atoms with Gasteiger partial charge in [-0.15, -0.1) is 0 Å². The van der Waals surface area contributed by atoms with E-state index in [1.165, 1.54) is 21.3 Å². The molecule has 0 bridgehead atoms. The number of para-hydroxylation sites is 1. The minimum Gasteiger partial charge on any atom is -0.493 e. The van der Waals surface area contributed by atoms with Crippen LogP contribution in [-0.4, -0.2) is 56.1 Å². The summed E-state index contributed by atoms with van der Waals surface area (Å²) >= 11 is 0. The Morgan fingerprint density at radius 1 is 0.972 bits per heavy atom. The van der Waals surface area contributed by atoms with Crippen LogP contribution in [0.2, 0.25) is 0 Å². The van der Waals surface area contributed by atoms with Gasteiger partial charge in [-0.3, -0.25) is 0 Å². The smallest absolute Gasteiger partial charge is 0.363 e. The number of aryl methyl sites for hydroxylation is 1. The Morgan fingerprint density at radius 3 is 2.25 bits per heavy atom. The molecule has 0 saturated carbocycles. The number of carbonyl (C=O) groups is 1. The number of ether oxygens (including phenoxy) is 4. The van der Waals surface area contributed by atoms with E-state index >= 15 is 0 Å². The Hall–Kier alpha value is -4.27. The molecule has 1 aromatic heterocycles. The van der Waals surface area contributed by atoms with Crippen LogP contribution in [0, 0.1) is 6.92 Å². The normalized spacial score (nSPS) is 16.3. The van der Waals surface area contributed by atoms with Gasteiger partial charge in [0.1, 0.15) is 5.82 Å². The summed E-state index contributed by atoms with van der Waals surface area (Å²) in [6.07, 6.45) is 3.99. The van der Waals surface area contributed by atoms with Crippen LogP contribution in [0.15, 0.2) is 53.2 Å². The van der Waals surface area contributed by atoms with Crippen molar-refractivity contribution in [2.75, 3.05) is 39.3 Å². The second-order valence-corrected chi connectivity index (χ2v) is 8.51. The maximum absolute atomic E-state index is 12.9. The van der Waals surface area contributed by atoms with Gasteiger partial charge in [0.25, 0.3) is 0 Å². The predicted octanol–water partition coefficient (Wildman–Crippen LogP) is 4.15. The maximum atomic E-state index is 12.9. The van der Waals surface area contributed by atoms with E-state index in [9.17, 15) is 4.79 Å². The fourth-order valence-corrected chi connectivity index (χ4v) is 4.55. The first-order chi connectivity index (χ1) is 17.5. The van der Waals surface area contributed by atoms with Gasteiger partial charge in [0.05, 0.1) is 32.7 Å². The molecule has 186 valence electrons. The minimum atomic E-state index is -0.530. The third-order valence-corrected chi connectivity index (χ3v) is 6.30. The van der Waals surface area contributed by atoms with Crippen molar-refractivity contribution in [2.24, 2.45) is 4.99 Å². The molecule has 1 fully saturated rings. The maximum Gasteiger partial charge on any atom is 0.363 e. The van der Waals surface area contributed by atoms with E-state index in [2.05, 4.69) is 9.89 Å². The van der Waals surface area contributed by atoms with Gasteiger partial charge in [0.15, 0.2) is 17.2 Å². The zero-order chi connectivity index (χ0) is 25.2. The molecule has 9 heteroatoms. The molecule has 1 saturated heterocycles. The molecule has 2 aromatic carbocycles. The highest BCUT2D eigenvalue weighted by Crippen LogP contribution is 2.39. The van der Waals surface area contributed by atoms with E-state index in [1.807, 2.05) is 41.9 Å². The number of hydrogen-bond donors (Lipinski definition) is 0. The van der Waals surface area contributed by atoms with Crippen molar-refractivity contribution in [2.45, 2.75) is 19.8 Å². The van der Waals surface area contributed by atoms with E-state index in [0.717, 1.165) is 48.7 Å². The van der Waals surface area contributed by atoms with Crippen LogP contribution in [0.5, 0.6) is 17.2 Å². The minimum absolute atomic E-state index is 0.168. The number of methoxy groups -OCH3 is 3. The number of nitrogens with zero attached hydrogens (tertiary/aromatic N) is 4. The molecule has 0 atom stereocenters. The van der Waals surface area contributed by atoms with Crippen LogP contribution in [0.4, 0.5) is 5.82 Å². The number of carbonyl (C=O) groups excluding carboxylic acids is 1. The first-order valence-corrected chi connectivity index (χ1v) is 11.8. The van der Waals surface area contributed by atoms with E-state index < -0.39 is 5.97 Å². The third kappa shape index (κ3) is 4.17. The van der Waals surface area contributed by atoms with Crippen molar-refractivity contribution in [1.29, 1.82) is 0 Å². The highest BCUT2D eigenvalue weighted by molar-refractivity contribution is 6.13. The molecule has 36 heavy (non-hydrogen) atoms. The Balaban J connectivity index is 1.59. The SMILES string of the molecule is COc1cc(C2=NC(=Cc3c(C)nn(-c4ccccc4)c3N3CCCC3)C(=O)O2)cc(OC)c1OC. The number of benzene rings is 2. The van der Waals surface area contributed by atoms with Gasteiger partial charge in [-0.05, 0) is 50.1 Å². The second-order valence-electron chi connectivity index (χ2n) is 8.51. The fourth-order valence-electron chi connectivity index (χ4n) is 4.55. The third-order valence-electron chi connectivity index (χ3n) is 6.30. The fraction of sp³-hybridized carbons (Fsp3) is 0.296. The standard InChI is InChI=1S/C27H28N4O5/c1-17-20(26(30-12-8-9-13-30)31(29-17)19-10-6-5-7-11-19)16-21-27(32)36-25(28-21)18-14-22(33-2)24(35-4)23(15-18)34-3/h5-7,10-11,14-16H,8-9,12-13H2,1-4H3. The van der Waals surface area contributed by atoms with Crippen LogP contribution in [0.25, 0.3) is 11.8 Å². The lowest BCUT2D eigenvalue weighted by atomic mass is 10.1. The Bertz CT molecular complexity index is 1330. The lowest BCUT2D eigenvalue weighted by Crippen LogP contribution is -2.22. The van der Waals surface area contributed by atoms with Crippen molar-refractivity contribution >= 4 is 23.8 Å². The molecule has 2 aliphatic heterocycles.